The van der Waals surface area contributed by atoms with Crippen LogP contribution in [-0.4, -0.2) is 41.4 Å². The van der Waals surface area contributed by atoms with Crippen molar-refractivity contribution in [2.45, 2.75) is 25.0 Å². The molecular weight excluding hydrogens is 172 g/mol. The van der Waals surface area contributed by atoms with E-state index < -0.39 is 12.1 Å². The Labute approximate surface area is 76.9 Å². The summed E-state index contributed by atoms with van der Waals surface area (Å²) in [7, 11) is 0. The van der Waals surface area contributed by atoms with E-state index in [4.69, 9.17) is 15.9 Å². The van der Waals surface area contributed by atoms with Gasteiger partial charge in [0.05, 0.1) is 12.7 Å². The zero-order chi connectivity index (χ0) is 9.84. The first-order valence-electron chi connectivity index (χ1n) is 4.47. The molecule has 0 bridgehead atoms. The van der Waals surface area contributed by atoms with Crippen molar-refractivity contribution >= 4 is 5.91 Å². The van der Waals surface area contributed by atoms with E-state index in [1.807, 2.05) is 0 Å². The Morgan fingerprint density at radius 1 is 1.69 bits per heavy atom. The van der Waals surface area contributed by atoms with Crippen molar-refractivity contribution in [2.75, 3.05) is 13.2 Å². The third-order valence-corrected chi connectivity index (χ3v) is 2.40. The van der Waals surface area contributed by atoms with E-state index in [1.165, 1.54) is 0 Å². The molecule has 1 saturated heterocycles. The summed E-state index contributed by atoms with van der Waals surface area (Å²) in [5, 5.41) is 20.5. The predicted molar refractivity (Wildman–Crippen MR) is 46.8 cm³/mol. The van der Waals surface area contributed by atoms with Crippen LogP contribution in [0.5, 0.6) is 0 Å². The van der Waals surface area contributed by atoms with Gasteiger partial charge in [0, 0.05) is 18.5 Å². The SMILES string of the molecule is N[C@@H](C[C@@H]1CCNC1=O)[C@H](O)CO. The fraction of sp³-hybridized carbons (Fsp3) is 0.875. The molecule has 3 atom stereocenters. The summed E-state index contributed by atoms with van der Waals surface area (Å²) < 4.78 is 0. The van der Waals surface area contributed by atoms with Crippen LogP contribution in [0, 0.1) is 5.92 Å². The summed E-state index contributed by atoms with van der Waals surface area (Å²) in [6, 6.07) is -0.515. The highest BCUT2D eigenvalue weighted by Crippen LogP contribution is 2.16. The van der Waals surface area contributed by atoms with E-state index in [1.54, 1.807) is 0 Å². The number of hydrogen-bond donors (Lipinski definition) is 4. The van der Waals surface area contributed by atoms with Crippen LogP contribution < -0.4 is 11.1 Å². The molecule has 0 saturated carbocycles. The van der Waals surface area contributed by atoms with Crippen LogP contribution >= 0.6 is 0 Å². The van der Waals surface area contributed by atoms with Gasteiger partial charge in [0.15, 0.2) is 0 Å². The maximum atomic E-state index is 11.1. The minimum Gasteiger partial charge on any atom is -0.394 e. The van der Waals surface area contributed by atoms with Crippen LogP contribution in [-0.2, 0) is 4.79 Å². The highest BCUT2D eigenvalue weighted by atomic mass is 16.3. The Balaban J connectivity index is 2.34. The lowest BCUT2D eigenvalue weighted by Gasteiger charge is -2.18. The molecule has 76 valence electrons. The maximum Gasteiger partial charge on any atom is 0.223 e. The van der Waals surface area contributed by atoms with Crippen LogP contribution in [0.4, 0.5) is 0 Å². The van der Waals surface area contributed by atoms with E-state index >= 15 is 0 Å². The van der Waals surface area contributed by atoms with Crippen molar-refractivity contribution < 1.29 is 15.0 Å². The number of nitrogens with one attached hydrogen (secondary N) is 1. The maximum absolute atomic E-state index is 11.1. The molecule has 0 aliphatic carbocycles. The van der Waals surface area contributed by atoms with Crippen LogP contribution in [0.3, 0.4) is 0 Å². The number of rotatable bonds is 4. The van der Waals surface area contributed by atoms with Crippen molar-refractivity contribution in [3.63, 3.8) is 0 Å². The Kier molecular flexibility index (Phi) is 3.65. The Morgan fingerprint density at radius 2 is 2.38 bits per heavy atom. The molecule has 0 spiro atoms. The molecule has 1 heterocycles. The molecule has 5 heteroatoms. The third kappa shape index (κ3) is 2.65. The number of aliphatic hydroxyl groups is 2. The molecule has 1 amide bonds. The first-order chi connectivity index (χ1) is 6.15. The average molecular weight is 188 g/mol. The molecule has 13 heavy (non-hydrogen) atoms. The van der Waals surface area contributed by atoms with Gasteiger partial charge in [-0.2, -0.15) is 0 Å². The summed E-state index contributed by atoms with van der Waals surface area (Å²) in [5.74, 6) is -0.100. The monoisotopic (exact) mass is 188 g/mol. The van der Waals surface area contributed by atoms with Crippen LogP contribution in [0.2, 0.25) is 0 Å². The molecule has 0 radical (unpaired) electrons. The van der Waals surface area contributed by atoms with E-state index in [2.05, 4.69) is 5.32 Å². The summed E-state index contributed by atoms with van der Waals surface area (Å²) in [5.41, 5.74) is 5.58. The largest absolute Gasteiger partial charge is 0.394 e. The third-order valence-electron chi connectivity index (χ3n) is 2.40. The first kappa shape index (κ1) is 10.4. The number of amides is 1. The molecule has 5 nitrogen and oxygen atoms in total. The molecule has 1 aliphatic rings. The molecule has 0 aromatic heterocycles. The number of carbonyl (C=O) groups is 1. The van der Waals surface area contributed by atoms with E-state index in [9.17, 15) is 4.79 Å². The minimum absolute atomic E-state index is 0.000546. The van der Waals surface area contributed by atoms with Gasteiger partial charge >= 0.3 is 0 Å². The topological polar surface area (TPSA) is 95.6 Å². The van der Waals surface area contributed by atoms with Gasteiger partial charge in [-0.05, 0) is 12.8 Å². The van der Waals surface area contributed by atoms with Gasteiger partial charge in [-0.15, -0.1) is 0 Å². The fourth-order valence-corrected chi connectivity index (χ4v) is 1.49. The van der Waals surface area contributed by atoms with Gasteiger partial charge in [0.1, 0.15) is 0 Å². The van der Waals surface area contributed by atoms with Gasteiger partial charge < -0.3 is 21.3 Å². The molecule has 0 unspecified atom stereocenters. The van der Waals surface area contributed by atoms with Gasteiger partial charge in [-0.25, -0.2) is 0 Å². The highest BCUT2D eigenvalue weighted by molar-refractivity contribution is 5.80. The normalized spacial score (nSPS) is 27.0. The zero-order valence-corrected chi connectivity index (χ0v) is 7.44. The van der Waals surface area contributed by atoms with Crippen LogP contribution in [0.15, 0.2) is 0 Å². The Morgan fingerprint density at radius 3 is 2.85 bits per heavy atom. The number of hydrogen-bond acceptors (Lipinski definition) is 4. The molecule has 1 aliphatic heterocycles. The summed E-state index contributed by atoms with van der Waals surface area (Å²) in [6.07, 6.45) is 0.284. The first-order valence-corrected chi connectivity index (χ1v) is 4.47. The summed E-state index contributed by atoms with van der Waals surface area (Å²) >= 11 is 0. The van der Waals surface area contributed by atoms with E-state index in [0.29, 0.717) is 13.0 Å². The van der Waals surface area contributed by atoms with Crippen molar-refractivity contribution in [1.82, 2.24) is 5.32 Å². The zero-order valence-electron chi connectivity index (χ0n) is 7.44. The second-order valence-corrected chi connectivity index (χ2v) is 3.43. The second kappa shape index (κ2) is 4.55. The lowest BCUT2D eigenvalue weighted by atomic mass is 9.96. The van der Waals surface area contributed by atoms with Crippen molar-refractivity contribution in [3.8, 4) is 0 Å². The summed E-state index contributed by atoms with van der Waals surface area (Å²) in [4.78, 5) is 11.1. The van der Waals surface area contributed by atoms with Crippen LogP contribution in [0.1, 0.15) is 12.8 Å². The molecule has 5 N–H and O–H groups in total. The van der Waals surface area contributed by atoms with Gasteiger partial charge in [0.2, 0.25) is 5.91 Å². The molecule has 0 aromatic rings. The van der Waals surface area contributed by atoms with Crippen LogP contribution in [0.25, 0.3) is 0 Å². The van der Waals surface area contributed by atoms with E-state index in [0.717, 1.165) is 6.42 Å². The lowest BCUT2D eigenvalue weighted by Crippen LogP contribution is -2.39. The number of aliphatic hydroxyl groups excluding tert-OH is 2. The van der Waals surface area contributed by atoms with Gasteiger partial charge in [0.25, 0.3) is 0 Å². The van der Waals surface area contributed by atoms with E-state index in [-0.39, 0.29) is 18.4 Å². The Bertz CT molecular complexity index is 186. The molecule has 1 fully saturated rings. The molecule has 1 rings (SSSR count). The molecular formula is C8H16N2O3. The Hall–Kier alpha value is -0.650. The smallest absolute Gasteiger partial charge is 0.223 e. The predicted octanol–water partition coefficient (Wildman–Crippen LogP) is -1.81. The average Bonchev–Trinajstić information content (AvgIpc) is 2.50. The van der Waals surface area contributed by atoms with Gasteiger partial charge in [-0.3, -0.25) is 4.79 Å². The summed E-state index contributed by atoms with van der Waals surface area (Å²) in [6.45, 7) is 0.334. The quantitative estimate of drug-likeness (QED) is 0.418. The minimum atomic E-state index is -0.923. The lowest BCUT2D eigenvalue weighted by molar-refractivity contribution is -0.122. The standard InChI is InChI=1S/C8H16N2O3/c9-6(7(12)4-11)3-5-1-2-10-8(5)13/h5-7,11-12H,1-4,9H2,(H,10,13)/t5-,6-,7+/m0/s1. The molecule has 0 aromatic carbocycles. The van der Waals surface area contributed by atoms with Crippen molar-refractivity contribution in [1.29, 1.82) is 0 Å². The number of nitrogens with two attached hydrogens (primary N) is 1. The highest BCUT2D eigenvalue weighted by Gasteiger charge is 2.28. The van der Waals surface area contributed by atoms with Crippen molar-refractivity contribution in [3.05, 3.63) is 0 Å². The second-order valence-electron chi connectivity index (χ2n) is 3.43. The van der Waals surface area contributed by atoms with Gasteiger partial charge in [-0.1, -0.05) is 0 Å². The number of carbonyl (C=O) groups excluding carboxylic acids is 1. The fourth-order valence-electron chi connectivity index (χ4n) is 1.49. The van der Waals surface area contributed by atoms with Crippen molar-refractivity contribution in [2.24, 2.45) is 11.7 Å².